The number of nitrogens with two attached hydrogens (primary N) is 1. The number of nitrogens with one attached hydrogen (secondary N) is 1. The number of carbonyl (C=O) groups excluding carboxylic acids is 1. The first-order valence-electron chi connectivity index (χ1n) is 5.78. The third-order valence-electron chi connectivity index (χ3n) is 2.76. The Morgan fingerprint density at radius 1 is 1.47 bits per heavy atom. The van der Waals surface area contributed by atoms with E-state index < -0.39 is 6.04 Å². The smallest absolute Gasteiger partial charge is 0.237 e. The Labute approximate surface area is 103 Å². The molecule has 0 spiro atoms. The Balaban J connectivity index is 2.64. The van der Waals surface area contributed by atoms with Crippen molar-refractivity contribution in [2.75, 3.05) is 0 Å². The maximum atomic E-state index is 11.9. The molecule has 1 amide bonds. The summed E-state index contributed by atoms with van der Waals surface area (Å²) < 4.78 is 0. The quantitative estimate of drug-likeness (QED) is 0.836. The molecule has 2 atom stereocenters. The molecule has 94 valence electrons. The summed E-state index contributed by atoms with van der Waals surface area (Å²) in [5.74, 6) is -0.131. The molecule has 0 radical (unpaired) electrons. The summed E-state index contributed by atoms with van der Waals surface area (Å²) >= 11 is 0. The largest absolute Gasteiger partial charge is 0.348 e. The zero-order valence-corrected chi connectivity index (χ0v) is 10.9. The maximum Gasteiger partial charge on any atom is 0.237 e. The second-order valence-electron chi connectivity index (χ2n) is 5.36. The van der Waals surface area contributed by atoms with Crippen LogP contribution >= 0.6 is 0 Å². The van der Waals surface area contributed by atoms with Gasteiger partial charge < -0.3 is 11.1 Å². The first-order valence-corrected chi connectivity index (χ1v) is 5.78. The molecule has 4 heteroatoms. The second kappa shape index (κ2) is 5.27. The molecule has 0 aliphatic carbocycles. The van der Waals surface area contributed by atoms with E-state index in [1.165, 1.54) is 0 Å². The molecule has 3 N–H and O–H groups in total. The Bertz CT molecular complexity index is 370. The van der Waals surface area contributed by atoms with E-state index in [9.17, 15) is 4.79 Å². The van der Waals surface area contributed by atoms with Crippen molar-refractivity contribution in [3.8, 4) is 0 Å². The molecule has 1 aromatic heterocycles. The Morgan fingerprint density at radius 2 is 2.12 bits per heavy atom. The Kier molecular flexibility index (Phi) is 4.23. The number of hydrogen-bond donors (Lipinski definition) is 2. The minimum absolute atomic E-state index is 0.0791. The van der Waals surface area contributed by atoms with Gasteiger partial charge in [0.05, 0.1) is 12.1 Å². The predicted octanol–water partition coefficient (Wildman–Crippen LogP) is 1.63. The average molecular weight is 235 g/mol. The van der Waals surface area contributed by atoms with Crippen molar-refractivity contribution in [3.63, 3.8) is 0 Å². The number of pyridine rings is 1. The van der Waals surface area contributed by atoms with Crippen LogP contribution in [-0.2, 0) is 4.79 Å². The van der Waals surface area contributed by atoms with Crippen molar-refractivity contribution in [3.05, 3.63) is 30.1 Å². The van der Waals surface area contributed by atoms with Gasteiger partial charge >= 0.3 is 0 Å². The summed E-state index contributed by atoms with van der Waals surface area (Å²) in [7, 11) is 0. The first-order chi connectivity index (χ1) is 7.82. The van der Waals surface area contributed by atoms with E-state index in [1.807, 2.05) is 39.8 Å². The van der Waals surface area contributed by atoms with E-state index in [1.54, 1.807) is 12.4 Å². The van der Waals surface area contributed by atoms with Gasteiger partial charge in [0.1, 0.15) is 0 Å². The standard InChI is InChI=1S/C13H21N3O/c1-9(10-6-5-7-15-8-10)16-12(17)11(14)13(2,3)4/h5-9,11H,14H2,1-4H3,(H,16,17)/t9-,11?/m1/s1. The summed E-state index contributed by atoms with van der Waals surface area (Å²) in [6.07, 6.45) is 3.45. The minimum atomic E-state index is -0.512. The van der Waals surface area contributed by atoms with E-state index in [4.69, 9.17) is 5.73 Å². The van der Waals surface area contributed by atoms with E-state index in [0.717, 1.165) is 5.56 Å². The van der Waals surface area contributed by atoms with Gasteiger partial charge in [0.15, 0.2) is 0 Å². The third-order valence-corrected chi connectivity index (χ3v) is 2.76. The molecule has 0 aliphatic heterocycles. The monoisotopic (exact) mass is 235 g/mol. The van der Waals surface area contributed by atoms with Crippen molar-refractivity contribution in [1.29, 1.82) is 0 Å². The van der Waals surface area contributed by atoms with Crippen LogP contribution in [0.5, 0.6) is 0 Å². The molecule has 17 heavy (non-hydrogen) atoms. The van der Waals surface area contributed by atoms with E-state index in [-0.39, 0.29) is 17.4 Å². The Hall–Kier alpha value is -1.42. The highest BCUT2D eigenvalue weighted by atomic mass is 16.2. The normalized spacial score (nSPS) is 15.1. The van der Waals surface area contributed by atoms with Gasteiger partial charge in [0, 0.05) is 12.4 Å². The highest BCUT2D eigenvalue weighted by Crippen LogP contribution is 2.18. The summed E-state index contributed by atoms with van der Waals surface area (Å²) in [4.78, 5) is 15.9. The molecule has 1 aromatic rings. The fourth-order valence-corrected chi connectivity index (χ4v) is 1.41. The van der Waals surface area contributed by atoms with Gasteiger partial charge in [-0.2, -0.15) is 0 Å². The molecule has 1 unspecified atom stereocenters. The van der Waals surface area contributed by atoms with Gasteiger partial charge in [-0.15, -0.1) is 0 Å². The van der Waals surface area contributed by atoms with Crippen LogP contribution in [0.25, 0.3) is 0 Å². The van der Waals surface area contributed by atoms with Crippen molar-refractivity contribution in [2.45, 2.75) is 39.8 Å². The van der Waals surface area contributed by atoms with E-state index in [0.29, 0.717) is 0 Å². The van der Waals surface area contributed by atoms with E-state index in [2.05, 4.69) is 10.3 Å². The van der Waals surface area contributed by atoms with Crippen molar-refractivity contribution in [1.82, 2.24) is 10.3 Å². The summed E-state index contributed by atoms with van der Waals surface area (Å²) in [6, 6.07) is 3.19. The molecular weight excluding hydrogens is 214 g/mol. The number of amides is 1. The third kappa shape index (κ3) is 3.82. The van der Waals surface area contributed by atoms with Gasteiger partial charge in [-0.1, -0.05) is 26.8 Å². The summed E-state index contributed by atoms with van der Waals surface area (Å²) in [5, 5.41) is 2.90. The van der Waals surface area contributed by atoms with Crippen LogP contribution in [0.4, 0.5) is 0 Å². The van der Waals surface area contributed by atoms with Crippen LogP contribution in [-0.4, -0.2) is 16.9 Å². The van der Waals surface area contributed by atoms with Gasteiger partial charge in [-0.3, -0.25) is 9.78 Å². The van der Waals surface area contributed by atoms with Gasteiger partial charge in [-0.05, 0) is 24.0 Å². The highest BCUT2D eigenvalue weighted by Gasteiger charge is 2.28. The lowest BCUT2D eigenvalue weighted by Gasteiger charge is -2.27. The predicted molar refractivity (Wildman–Crippen MR) is 68.2 cm³/mol. The average Bonchev–Trinajstić information content (AvgIpc) is 2.27. The SMILES string of the molecule is C[C@@H](NC(=O)C(N)C(C)(C)C)c1cccnc1. The topological polar surface area (TPSA) is 68.0 Å². The van der Waals surface area contributed by atoms with Crippen molar-refractivity contribution < 1.29 is 4.79 Å². The number of rotatable bonds is 3. The lowest BCUT2D eigenvalue weighted by atomic mass is 9.87. The summed E-state index contributed by atoms with van der Waals surface area (Å²) in [6.45, 7) is 7.77. The van der Waals surface area contributed by atoms with Crippen LogP contribution in [0.15, 0.2) is 24.5 Å². The molecule has 0 saturated heterocycles. The van der Waals surface area contributed by atoms with Crippen molar-refractivity contribution >= 4 is 5.91 Å². The number of carbonyl (C=O) groups is 1. The highest BCUT2D eigenvalue weighted by molar-refractivity contribution is 5.82. The second-order valence-corrected chi connectivity index (χ2v) is 5.36. The van der Waals surface area contributed by atoms with Crippen LogP contribution < -0.4 is 11.1 Å². The molecule has 0 saturated carbocycles. The Morgan fingerprint density at radius 3 is 2.59 bits per heavy atom. The molecular formula is C13H21N3O. The molecule has 0 fully saturated rings. The molecule has 0 bridgehead atoms. The number of nitrogens with zero attached hydrogens (tertiary/aromatic N) is 1. The fourth-order valence-electron chi connectivity index (χ4n) is 1.41. The molecule has 4 nitrogen and oxygen atoms in total. The van der Waals surface area contributed by atoms with Crippen LogP contribution in [0.3, 0.4) is 0 Å². The molecule has 0 aliphatic rings. The molecule has 1 rings (SSSR count). The zero-order valence-electron chi connectivity index (χ0n) is 10.9. The van der Waals surface area contributed by atoms with Crippen LogP contribution in [0.2, 0.25) is 0 Å². The summed E-state index contributed by atoms with van der Waals surface area (Å²) in [5.41, 5.74) is 6.63. The van der Waals surface area contributed by atoms with Crippen molar-refractivity contribution in [2.24, 2.45) is 11.1 Å². The van der Waals surface area contributed by atoms with Crippen LogP contribution in [0, 0.1) is 5.41 Å². The van der Waals surface area contributed by atoms with Gasteiger partial charge in [0.25, 0.3) is 0 Å². The van der Waals surface area contributed by atoms with Crippen LogP contribution in [0.1, 0.15) is 39.3 Å². The lowest BCUT2D eigenvalue weighted by Crippen LogP contribution is -2.49. The molecule has 1 heterocycles. The number of hydrogen-bond acceptors (Lipinski definition) is 3. The van der Waals surface area contributed by atoms with Gasteiger partial charge in [-0.25, -0.2) is 0 Å². The molecule has 0 aromatic carbocycles. The lowest BCUT2D eigenvalue weighted by molar-refractivity contribution is -0.125. The minimum Gasteiger partial charge on any atom is -0.348 e. The van der Waals surface area contributed by atoms with Gasteiger partial charge in [0.2, 0.25) is 5.91 Å². The fraction of sp³-hybridized carbons (Fsp3) is 0.538. The van der Waals surface area contributed by atoms with E-state index >= 15 is 0 Å². The maximum absolute atomic E-state index is 11.9. The number of aromatic nitrogens is 1. The first kappa shape index (κ1) is 13.6. The zero-order chi connectivity index (χ0) is 13.1.